The van der Waals surface area contributed by atoms with Gasteiger partial charge in [0.25, 0.3) is 0 Å². The molecule has 1 aromatic heterocycles. The Morgan fingerprint density at radius 1 is 1.35 bits per heavy atom. The van der Waals surface area contributed by atoms with Gasteiger partial charge in [-0.25, -0.2) is 4.79 Å². The first-order valence-corrected chi connectivity index (χ1v) is 8.01. The number of likely N-dealkylation sites (tertiary alicyclic amines) is 1. The van der Waals surface area contributed by atoms with E-state index in [2.05, 4.69) is 16.4 Å². The Morgan fingerprint density at radius 3 is 2.83 bits per heavy atom. The number of aromatic amines is 1. The van der Waals surface area contributed by atoms with E-state index >= 15 is 0 Å². The standard InChI is InChI=1S/C17H21N3O3/c1-23-11-2-3-12-13(8-11)19-14-9-18-10-17(15(12)14)4-6-20(7-5-17)16(21)22/h2-3,8,18-19H,4-7,9-10H2,1H3,(H,21,22). The third-order valence-corrected chi connectivity index (χ3v) is 5.37. The van der Waals surface area contributed by atoms with Crippen LogP contribution >= 0.6 is 0 Å². The predicted octanol–water partition coefficient (Wildman–Crippen LogP) is 2.29. The average molecular weight is 315 g/mol. The van der Waals surface area contributed by atoms with E-state index in [9.17, 15) is 9.90 Å². The third kappa shape index (κ3) is 2.16. The number of piperidine rings is 1. The first kappa shape index (κ1) is 14.4. The van der Waals surface area contributed by atoms with Crippen LogP contribution in [-0.2, 0) is 12.0 Å². The highest BCUT2D eigenvalue weighted by atomic mass is 16.5. The van der Waals surface area contributed by atoms with E-state index < -0.39 is 6.09 Å². The smallest absolute Gasteiger partial charge is 0.407 e. The van der Waals surface area contributed by atoms with Gasteiger partial charge in [-0.15, -0.1) is 0 Å². The van der Waals surface area contributed by atoms with Crippen molar-refractivity contribution < 1.29 is 14.6 Å². The number of fused-ring (bicyclic) bond motifs is 4. The number of methoxy groups -OCH3 is 1. The van der Waals surface area contributed by atoms with Gasteiger partial charge in [-0.3, -0.25) is 0 Å². The normalized spacial score (nSPS) is 19.8. The third-order valence-electron chi connectivity index (χ3n) is 5.37. The maximum Gasteiger partial charge on any atom is 0.407 e. The number of aromatic nitrogens is 1. The van der Waals surface area contributed by atoms with Crippen LogP contribution < -0.4 is 10.1 Å². The molecule has 6 heteroatoms. The minimum Gasteiger partial charge on any atom is -0.497 e. The molecule has 2 aliphatic rings. The van der Waals surface area contributed by atoms with Crippen molar-refractivity contribution in [2.45, 2.75) is 24.8 Å². The molecule has 122 valence electrons. The predicted molar refractivity (Wildman–Crippen MR) is 87.1 cm³/mol. The second-order valence-corrected chi connectivity index (χ2v) is 6.54. The number of hydrogen-bond donors (Lipinski definition) is 3. The molecule has 1 fully saturated rings. The quantitative estimate of drug-likeness (QED) is 0.754. The molecular weight excluding hydrogens is 294 g/mol. The molecule has 3 N–H and O–H groups in total. The molecule has 0 saturated carbocycles. The average Bonchev–Trinajstić information content (AvgIpc) is 2.94. The number of nitrogens with one attached hydrogen (secondary N) is 2. The van der Waals surface area contributed by atoms with Gasteiger partial charge in [-0.1, -0.05) is 0 Å². The zero-order valence-corrected chi connectivity index (χ0v) is 13.2. The van der Waals surface area contributed by atoms with Crippen LogP contribution in [0.15, 0.2) is 18.2 Å². The van der Waals surface area contributed by atoms with Crippen molar-refractivity contribution >= 4 is 17.0 Å². The summed E-state index contributed by atoms with van der Waals surface area (Å²) < 4.78 is 5.32. The van der Waals surface area contributed by atoms with Gasteiger partial charge < -0.3 is 25.0 Å². The highest BCUT2D eigenvalue weighted by Crippen LogP contribution is 2.43. The molecule has 3 heterocycles. The molecule has 1 spiro atoms. The van der Waals surface area contributed by atoms with Gasteiger partial charge in [-0.05, 0) is 30.5 Å². The fourth-order valence-corrected chi connectivity index (χ4v) is 4.17. The number of carboxylic acid groups (broad SMARTS) is 1. The Labute approximate surface area is 134 Å². The van der Waals surface area contributed by atoms with E-state index in [0.29, 0.717) is 13.1 Å². The van der Waals surface area contributed by atoms with E-state index in [4.69, 9.17) is 4.74 Å². The molecule has 0 unspecified atom stereocenters. The Hall–Kier alpha value is -2.21. The number of ether oxygens (including phenoxy) is 1. The number of amides is 1. The van der Waals surface area contributed by atoms with Crippen molar-refractivity contribution in [1.82, 2.24) is 15.2 Å². The number of nitrogens with zero attached hydrogens (tertiary/aromatic N) is 1. The van der Waals surface area contributed by atoms with Gasteiger partial charge in [0.1, 0.15) is 5.75 Å². The van der Waals surface area contributed by atoms with Gasteiger partial charge >= 0.3 is 6.09 Å². The van der Waals surface area contributed by atoms with E-state index in [-0.39, 0.29) is 5.41 Å². The van der Waals surface area contributed by atoms with Crippen LogP contribution in [0.2, 0.25) is 0 Å². The minimum absolute atomic E-state index is 0.0202. The molecule has 2 aromatic rings. The molecular formula is C17H21N3O3. The lowest BCUT2D eigenvalue weighted by Gasteiger charge is -2.44. The Kier molecular flexibility index (Phi) is 3.23. The summed E-state index contributed by atoms with van der Waals surface area (Å²) in [5.41, 5.74) is 3.71. The maximum absolute atomic E-state index is 11.2. The number of rotatable bonds is 1. The summed E-state index contributed by atoms with van der Waals surface area (Å²) >= 11 is 0. The summed E-state index contributed by atoms with van der Waals surface area (Å²) in [4.78, 5) is 16.2. The highest BCUT2D eigenvalue weighted by Gasteiger charge is 2.42. The molecule has 0 atom stereocenters. The summed E-state index contributed by atoms with van der Waals surface area (Å²) in [5, 5.41) is 13.9. The Bertz CT molecular complexity index is 760. The van der Waals surface area contributed by atoms with Crippen molar-refractivity contribution in [2.24, 2.45) is 0 Å². The van der Waals surface area contributed by atoms with Crippen molar-refractivity contribution in [3.8, 4) is 5.75 Å². The van der Waals surface area contributed by atoms with Gasteiger partial charge in [-0.2, -0.15) is 0 Å². The molecule has 0 radical (unpaired) electrons. The van der Waals surface area contributed by atoms with E-state index in [1.807, 2.05) is 12.1 Å². The van der Waals surface area contributed by atoms with Crippen LogP contribution in [0.4, 0.5) is 4.79 Å². The van der Waals surface area contributed by atoms with E-state index in [1.165, 1.54) is 21.5 Å². The van der Waals surface area contributed by atoms with Crippen LogP contribution in [-0.4, -0.2) is 47.8 Å². The first-order valence-electron chi connectivity index (χ1n) is 8.01. The minimum atomic E-state index is -0.812. The first-order chi connectivity index (χ1) is 11.1. The largest absolute Gasteiger partial charge is 0.497 e. The number of H-pyrrole nitrogens is 1. The van der Waals surface area contributed by atoms with Crippen LogP contribution in [0.3, 0.4) is 0 Å². The molecule has 1 saturated heterocycles. The summed E-state index contributed by atoms with van der Waals surface area (Å²) in [7, 11) is 1.68. The lowest BCUT2D eigenvalue weighted by Crippen LogP contribution is -2.51. The number of benzene rings is 1. The lowest BCUT2D eigenvalue weighted by molar-refractivity contribution is 0.113. The molecule has 4 rings (SSSR count). The number of hydrogen-bond acceptors (Lipinski definition) is 3. The summed E-state index contributed by atoms with van der Waals surface area (Å²) in [6.07, 6.45) is 0.906. The lowest BCUT2D eigenvalue weighted by atomic mass is 9.70. The topological polar surface area (TPSA) is 77.6 Å². The monoisotopic (exact) mass is 315 g/mol. The van der Waals surface area contributed by atoms with E-state index in [1.54, 1.807) is 7.11 Å². The van der Waals surface area contributed by atoms with Gasteiger partial charge in [0.05, 0.1) is 7.11 Å². The van der Waals surface area contributed by atoms with Gasteiger partial charge in [0.2, 0.25) is 0 Å². The van der Waals surface area contributed by atoms with Crippen LogP contribution in [0.1, 0.15) is 24.1 Å². The number of carbonyl (C=O) groups is 1. The molecule has 0 aliphatic carbocycles. The van der Waals surface area contributed by atoms with E-state index in [0.717, 1.165) is 37.2 Å². The Morgan fingerprint density at radius 2 is 2.13 bits per heavy atom. The molecule has 6 nitrogen and oxygen atoms in total. The maximum atomic E-state index is 11.2. The van der Waals surface area contributed by atoms with Crippen molar-refractivity contribution in [2.75, 3.05) is 26.7 Å². The zero-order chi connectivity index (χ0) is 16.0. The fourth-order valence-electron chi connectivity index (χ4n) is 4.17. The fraction of sp³-hybridized carbons (Fsp3) is 0.471. The van der Waals surface area contributed by atoms with Gasteiger partial charge in [0.15, 0.2) is 0 Å². The second kappa shape index (κ2) is 5.16. The summed E-state index contributed by atoms with van der Waals surface area (Å²) in [6, 6.07) is 6.16. The summed E-state index contributed by atoms with van der Waals surface area (Å²) in [5.74, 6) is 0.846. The van der Waals surface area contributed by atoms with Crippen LogP contribution in [0.5, 0.6) is 5.75 Å². The molecule has 2 aliphatic heterocycles. The second-order valence-electron chi connectivity index (χ2n) is 6.54. The van der Waals surface area contributed by atoms with Crippen molar-refractivity contribution in [1.29, 1.82) is 0 Å². The van der Waals surface area contributed by atoms with Crippen molar-refractivity contribution in [3.05, 3.63) is 29.5 Å². The summed E-state index contributed by atoms with van der Waals surface area (Å²) in [6.45, 7) is 2.93. The Balaban J connectivity index is 1.77. The zero-order valence-electron chi connectivity index (χ0n) is 13.2. The molecule has 1 aromatic carbocycles. The van der Waals surface area contributed by atoms with Crippen LogP contribution in [0.25, 0.3) is 10.9 Å². The van der Waals surface area contributed by atoms with Gasteiger partial charge in [0, 0.05) is 54.3 Å². The molecule has 23 heavy (non-hydrogen) atoms. The van der Waals surface area contributed by atoms with Crippen molar-refractivity contribution in [3.63, 3.8) is 0 Å². The SMILES string of the molecule is COc1ccc2c3c([nH]c2c1)CNCC31CCN(C(=O)O)CC1. The molecule has 0 bridgehead atoms. The highest BCUT2D eigenvalue weighted by molar-refractivity contribution is 5.87. The van der Waals surface area contributed by atoms with Crippen LogP contribution in [0, 0.1) is 0 Å². The molecule has 1 amide bonds.